The zero-order valence-corrected chi connectivity index (χ0v) is 15.7. The monoisotopic (exact) mass is 359 g/mol. The summed E-state index contributed by atoms with van der Waals surface area (Å²) in [5.41, 5.74) is 3.30. The maximum atomic E-state index is 12.1. The molecule has 0 N–H and O–H groups in total. The van der Waals surface area contributed by atoms with Crippen LogP contribution in [0.2, 0.25) is 0 Å². The topological polar surface area (TPSA) is 52.6 Å². The van der Waals surface area contributed by atoms with Crippen LogP contribution in [0, 0.1) is 5.92 Å². The van der Waals surface area contributed by atoms with Crippen molar-refractivity contribution in [1.82, 2.24) is 23.4 Å². The van der Waals surface area contributed by atoms with Crippen LogP contribution in [0.3, 0.4) is 0 Å². The summed E-state index contributed by atoms with van der Waals surface area (Å²) in [4.78, 5) is 18.7. The Morgan fingerprint density at radius 2 is 2.04 bits per heavy atom. The average Bonchev–Trinajstić information content (AvgIpc) is 2.88. The fourth-order valence-electron chi connectivity index (χ4n) is 4.09. The highest BCUT2D eigenvalue weighted by Crippen LogP contribution is 2.29. The molecule has 4 heterocycles. The molecule has 134 valence electrons. The Balaban J connectivity index is 1.45. The van der Waals surface area contributed by atoms with Gasteiger partial charge in [0.15, 0.2) is 0 Å². The number of likely N-dealkylation sites (N-methyl/N-ethyl adjacent to an activating group) is 1. The smallest absolute Gasteiger partial charge is 0.236 e. The van der Waals surface area contributed by atoms with Gasteiger partial charge in [-0.1, -0.05) is 6.07 Å². The number of rotatable bonds is 4. The van der Waals surface area contributed by atoms with Crippen molar-refractivity contribution in [1.29, 1.82) is 0 Å². The summed E-state index contributed by atoms with van der Waals surface area (Å²) in [6.07, 6.45) is 2.51. The Morgan fingerprint density at radius 1 is 1.20 bits per heavy atom. The molecule has 2 aromatic rings. The van der Waals surface area contributed by atoms with Crippen LogP contribution in [-0.2, 0) is 11.3 Å². The van der Waals surface area contributed by atoms with Gasteiger partial charge in [0.05, 0.1) is 18.3 Å². The first kappa shape index (κ1) is 16.9. The summed E-state index contributed by atoms with van der Waals surface area (Å²) in [7, 11) is 3.68. The highest BCUT2D eigenvalue weighted by molar-refractivity contribution is 7.00. The third kappa shape index (κ3) is 3.68. The first-order valence-electron chi connectivity index (χ1n) is 8.96. The average molecular weight is 359 g/mol. The molecule has 6 nitrogen and oxygen atoms in total. The third-order valence-electron chi connectivity index (χ3n) is 5.46. The molecule has 2 atom stereocenters. The fraction of sp³-hybridized carbons (Fsp3) is 0.611. The first-order chi connectivity index (χ1) is 12.1. The SMILES string of the molecule is CN(C)C(=O)CN1C[C@H]2CC[C@@H](C1)N(Cc1ccc3nsnc3c1)C2. The fourth-order valence-corrected chi connectivity index (χ4v) is 4.61. The summed E-state index contributed by atoms with van der Waals surface area (Å²) < 4.78 is 8.65. The largest absolute Gasteiger partial charge is 0.348 e. The van der Waals surface area contributed by atoms with Crippen LogP contribution < -0.4 is 0 Å². The van der Waals surface area contributed by atoms with Crippen molar-refractivity contribution in [2.24, 2.45) is 5.92 Å². The predicted molar refractivity (Wildman–Crippen MR) is 99.5 cm³/mol. The lowest BCUT2D eigenvalue weighted by Gasteiger charge is -2.36. The van der Waals surface area contributed by atoms with Crippen molar-refractivity contribution < 1.29 is 4.79 Å². The highest BCUT2D eigenvalue weighted by Gasteiger charge is 2.35. The normalized spacial score (nSPS) is 24.6. The molecule has 3 aliphatic heterocycles. The molecule has 1 amide bonds. The lowest BCUT2D eigenvalue weighted by molar-refractivity contribution is -0.130. The maximum Gasteiger partial charge on any atom is 0.236 e. The molecule has 1 aromatic heterocycles. The number of hydrogen-bond acceptors (Lipinski definition) is 6. The molecule has 25 heavy (non-hydrogen) atoms. The van der Waals surface area contributed by atoms with E-state index >= 15 is 0 Å². The predicted octanol–water partition coefficient (Wildman–Crippen LogP) is 1.68. The number of carbonyl (C=O) groups excluding carboxylic acids is 1. The van der Waals surface area contributed by atoms with Gasteiger partial charge in [-0.05, 0) is 36.5 Å². The zero-order valence-electron chi connectivity index (χ0n) is 14.9. The zero-order chi connectivity index (χ0) is 17.4. The van der Waals surface area contributed by atoms with E-state index in [1.807, 2.05) is 14.1 Å². The summed E-state index contributed by atoms with van der Waals surface area (Å²) >= 11 is 1.28. The van der Waals surface area contributed by atoms with E-state index in [0.717, 1.165) is 37.2 Å². The molecule has 0 spiro atoms. The summed E-state index contributed by atoms with van der Waals surface area (Å²) in [5, 5.41) is 0. The van der Waals surface area contributed by atoms with Crippen LogP contribution in [0.5, 0.6) is 0 Å². The highest BCUT2D eigenvalue weighted by atomic mass is 32.1. The van der Waals surface area contributed by atoms with Crippen molar-refractivity contribution in [2.75, 3.05) is 40.3 Å². The number of benzene rings is 1. The van der Waals surface area contributed by atoms with Gasteiger partial charge in [0.2, 0.25) is 5.91 Å². The number of hydrogen-bond donors (Lipinski definition) is 0. The van der Waals surface area contributed by atoms with Crippen LogP contribution in [-0.4, -0.2) is 75.7 Å². The minimum absolute atomic E-state index is 0.203. The van der Waals surface area contributed by atoms with E-state index in [9.17, 15) is 4.79 Å². The van der Waals surface area contributed by atoms with Crippen molar-refractivity contribution in [3.8, 4) is 0 Å². The van der Waals surface area contributed by atoms with Gasteiger partial charge in [0, 0.05) is 46.3 Å². The maximum absolute atomic E-state index is 12.1. The number of aromatic nitrogens is 2. The van der Waals surface area contributed by atoms with E-state index in [1.54, 1.807) is 4.90 Å². The van der Waals surface area contributed by atoms with Crippen LogP contribution in [0.15, 0.2) is 18.2 Å². The lowest BCUT2D eigenvalue weighted by atomic mass is 9.94. The van der Waals surface area contributed by atoms with Gasteiger partial charge < -0.3 is 4.90 Å². The van der Waals surface area contributed by atoms with Crippen molar-refractivity contribution in [3.05, 3.63) is 23.8 Å². The number of carbonyl (C=O) groups is 1. The molecule has 0 radical (unpaired) electrons. The van der Waals surface area contributed by atoms with Crippen LogP contribution >= 0.6 is 11.7 Å². The summed E-state index contributed by atoms with van der Waals surface area (Å²) in [6, 6.07) is 6.96. The number of fused-ring (bicyclic) bond motifs is 5. The molecule has 7 heteroatoms. The standard InChI is InChI=1S/C18H25N5OS/c1-21(2)18(24)12-22-8-14-3-5-15(11-22)23(10-14)9-13-4-6-16-17(7-13)20-25-19-16/h4,6-7,14-15H,3,5,8-12H2,1-2H3/t14-,15+/m1/s1. The molecular weight excluding hydrogens is 334 g/mol. The van der Waals surface area contributed by atoms with Crippen LogP contribution in [0.25, 0.3) is 11.0 Å². The molecule has 0 saturated carbocycles. The van der Waals surface area contributed by atoms with E-state index in [4.69, 9.17) is 0 Å². The van der Waals surface area contributed by atoms with Crippen molar-refractivity contribution >= 4 is 28.7 Å². The van der Waals surface area contributed by atoms with Crippen LogP contribution in [0.4, 0.5) is 0 Å². The number of nitrogens with zero attached hydrogens (tertiary/aromatic N) is 5. The van der Waals surface area contributed by atoms with E-state index in [1.165, 1.54) is 30.1 Å². The van der Waals surface area contributed by atoms with Crippen molar-refractivity contribution in [3.63, 3.8) is 0 Å². The quantitative estimate of drug-likeness (QED) is 0.831. The molecule has 0 unspecified atom stereocenters. The summed E-state index contributed by atoms with van der Waals surface area (Å²) in [6.45, 7) is 4.68. The van der Waals surface area contributed by atoms with Gasteiger partial charge >= 0.3 is 0 Å². The molecule has 3 saturated heterocycles. The van der Waals surface area contributed by atoms with Crippen LogP contribution in [0.1, 0.15) is 18.4 Å². The Labute approximate surface area is 152 Å². The lowest BCUT2D eigenvalue weighted by Crippen LogP contribution is -2.44. The second-order valence-electron chi connectivity index (χ2n) is 7.60. The molecule has 0 aliphatic carbocycles. The molecule has 5 rings (SSSR count). The Bertz CT molecular complexity index is 761. The van der Waals surface area contributed by atoms with Gasteiger partial charge in [-0.15, -0.1) is 0 Å². The van der Waals surface area contributed by atoms with Gasteiger partial charge in [-0.2, -0.15) is 8.75 Å². The van der Waals surface area contributed by atoms with Crippen molar-refractivity contribution in [2.45, 2.75) is 25.4 Å². The Hall–Kier alpha value is -1.57. The van der Waals surface area contributed by atoms with E-state index in [2.05, 4.69) is 36.7 Å². The second-order valence-corrected chi connectivity index (χ2v) is 8.12. The number of amides is 1. The molecule has 3 fully saturated rings. The van der Waals surface area contributed by atoms with Gasteiger partial charge in [0.25, 0.3) is 0 Å². The first-order valence-corrected chi connectivity index (χ1v) is 9.69. The van der Waals surface area contributed by atoms with E-state index in [0.29, 0.717) is 18.5 Å². The third-order valence-corrected chi connectivity index (χ3v) is 6.02. The Morgan fingerprint density at radius 3 is 2.88 bits per heavy atom. The Kier molecular flexibility index (Phi) is 4.71. The molecule has 1 aromatic carbocycles. The molecule has 2 bridgehead atoms. The van der Waals surface area contributed by atoms with E-state index in [-0.39, 0.29) is 5.91 Å². The second kappa shape index (κ2) is 6.97. The van der Waals surface area contributed by atoms with Gasteiger partial charge in [-0.25, -0.2) is 0 Å². The minimum atomic E-state index is 0.203. The van der Waals surface area contributed by atoms with E-state index < -0.39 is 0 Å². The molecular formula is C18H25N5OS. The van der Waals surface area contributed by atoms with Gasteiger partial charge in [-0.3, -0.25) is 14.6 Å². The molecule has 3 aliphatic rings. The minimum Gasteiger partial charge on any atom is -0.348 e. The van der Waals surface area contributed by atoms with Gasteiger partial charge in [0.1, 0.15) is 11.0 Å². The number of piperidine rings is 1. The summed E-state index contributed by atoms with van der Waals surface area (Å²) in [5.74, 6) is 0.868.